The van der Waals surface area contributed by atoms with Crippen molar-refractivity contribution in [1.82, 2.24) is 10.2 Å². The molecule has 3 aromatic carbocycles. The minimum absolute atomic E-state index is 0.0757. The number of hydrogen-bond donors (Lipinski definition) is 1. The van der Waals surface area contributed by atoms with Crippen LogP contribution in [-0.4, -0.2) is 50.0 Å². The highest BCUT2D eigenvalue weighted by Crippen LogP contribution is 2.23. The van der Waals surface area contributed by atoms with Gasteiger partial charge in [-0.3, -0.25) is 13.9 Å². The van der Waals surface area contributed by atoms with Crippen molar-refractivity contribution in [2.24, 2.45) is 0 Å². The summed E-state index contributed by atoms with van der Waals surface area (Å²) in [5, 5.41) is 3.40. The Morgan fingerprint density at radius 3 is 2.20 bits per heavy atom. The van der Waals surface area contributed by atoms with E-state index in [0.717, 1.165) is 28.1 Å². The second kappa shape index (κ2) is 14.2. The highest BCUT2D eigenvalue weighted by atomic mass is 35.5. The van der Waals surface area contributed by atoms with E-state index in [1.165, 1.54) is 4.90 Å². The van der Waals surface area contributed by atoms with Crippen molar-refractivity contribution in [3.8, 4) is 5.75 Å². The summed E-state index contributed by atoms with van der Waals surface area (Å²) in [4.78, 5) is 28.0. The lowest BCUT2D eigenvalue weighted by molar-refractivity contribution is -0.139. The number of benzene rings is 3. The molecule has 0 aliphatic carbocycles. The van der Waals surface area contributed by atoms with Gasteiger partial charge in [-0.15, -0.1) is 0 Å². The normalized spacial score (nSPS) is 12.7. The maximum Gasteiger partial charge on any atom is 0.244 e. The Morgan fingerprint density at radius 2 is 1.60 bits per heavy atom. The second-order valence-electron chi connectivity index (χ2n) is 9.68. The lowest BCUT2D eigenvalue weighted by atomic mass is 10.1. The van der Waals surface area contributed by atoms with Gasteiger partial charge in [-0.05, 0) is 67.8 Å². The number of rotatable bonds is 13. The van der Waals surface area contributed by atoms with Gasteiger partial charge in [0.15, 0.2) is 0 Å². The topological polar surface area (TPSA) is 96.0 Å². The molecule has 3 rings (SSSR count). The molecule has 2 atom stereocenters. The molecule has 0 aliphatic heterocycles. The van der Waals surface area contributed by atoms with E-state index in [4.69, 9.17) is 16.3 Å². The van der Waals surface area contributed by atoms with Crippen molar-refractivity contribution in [2.75, 3.05) is 17.1 Å². The average Bonchev–Trinajstić information content (AvgIpc) is 2.93. The SMILES string of the molecule is CC[C@@H](C)NC(=O)[C@@H](C)N(Cc1cccc(Cl)c1)C(=O)CN(c1ccc(OCc2ccccc2)cc1)S(C)(=O)=O. The molecule has 0 spiro atoms. The lowest BCUT2D eigenvalue weighted by Gasteiger charge is -2.32. The molecule has 0 radical (unpaired) electrons. The zero-order valence-electron chi connectivity index (χ0n) is 23.2. The molecule has 2 amide bonds. The Kier molecular flexibility index (Phi) is 11.0. The molecule has 0 unspecified atom stereocenters. The third-order valence-electron chi connectivity index (χ3n) is 6.46. The number of halogens is 1. The summed E-state index contributed by atoms with van der Waals surface area (Å²) in [7, 11) is -3.84. The molecule has 10 heteroatoms. The van der Waals surface area contributed by atoms with E-state index in [9.17, 15) is 18.0 Å². The Morgan fingerprint density at radius 1 is 0.950 bits per heavy atom. The number of carbonyl (C=O) groups excluding carboxylic acids is 2. The van der Waals surface area contributed by atoms with Crippen molar-refractivity contribution in [1.29, 1.82) is 0 Å². The molecule has 0 saturated carbocycles. The van der Waals surface area contributed by atoms with Crippen molar-refractivity contribution >= 4 is 39.1 Å². The van der Waals surface area contributed by atoms with Crippen molar-refractivity contribution in [3.63, 3.8) is 0 Å². The van der Waals surface area contributed by atoms with Crippen LogP contribution in [0.1, 0.15) is 38.3 Å². The molecule has 0 bridgehead atoms. The molecule has 0 fully saturated rings. The van der Waals surface area contributed by atoms with Crippen LogP contribution in [0.15, 0.2) is 78.9 Å². The van der Waals surface area contributed by atoms with Crippen LogP contribution in [0.25, 0.3) is 0 Å². The van der Waals surface area contributed by atoms with Crippen LogP contribution >= 0.6 is 11.6 Å². The van der Waals surface area contributed by atoms with Gasteiger partial charge in [0, 0.05) is 17.6 Å². The fourth-order valence-electron chi connectivity index (χ4n) is 3.94. The third kappa shape index (κ3) is 8.99. The van der Waals surface area contributed by atoms with E-state index in [-0.39, 0.29) is 18.5 Å². The minimum atomic E-state index is -3.84. The maximum atomic E-state index is 13.7. The fraction of sp³-hybridized carbons (Fsp3) is 0.333. The fourth-order valence-corrected chi connectivity index (χ4v) is 5.01. The van der Waals surface area contributed by atoms with Gasteiger partial charge < -0.3 is 15.0 Å². The van der Waals surface area contributed by atoms with Crippen molar-refractivity contribution in [2.45, 2.75) is 52.4 Å². The maximum absolute atomic E-state index is 13.7. The molecule has 0 heterocycles. The predicted octanol–water partition coefficient (Wildman–Crippen LogP) is 5.02. The molecule has 8 nitrogen and oxygen atoms in total. The van der Waals surface area contributed by atoms with E-state index in [0.29, 0.717) is 23.1 Å². The highest BCUT2D eigenvalue weighted by Gasteiger charge is 2.30. The number of nitrogens with zero attached hydrogens (tertiary/aromatic N) is 2. The number of ether oxygens (including phenoxy) is 1. The molecule has 0 aliphatic rings. The van der Waals surface area contributed by atoms with Crippen LogP contribution in [0.4, 0.5) is 5.69 Å². The van der Waals surface area contributed by atoms with E-state index in [1.807, 2.05) is 44.2 Å². The van der Waals surface area contributed by atoms with Gasteiger partial charge in [0.1, 0.15) is 24.9 Å². The number of nitrogens with one attached hydrogen (secondary N) is 1. The number of hydrogen-bond acceptors (Lipinski definition) is 5. The van der Waals surface area contributed by atoms with E-state index in [1.54, 1.807) is 55.5 Å². The van der Waals surface area contributed by atoms with E-state index < -0.39 is 28.5 Å². The van der Waals surface area contributed by atoms with Gasteiger partial charge in [-0.2, -0.15) is 0 Å². The van der Waals surface area contributed by atoms with Gasteiger partial charge in [0.25, 0.3) is 0 Å². The van der Waals surface area contributed by atoms with Gasteiger partial charge in [-0.1, -0.05) is 61.0 Å². The largest absolute Gasteiger partial charge is 0.489 e. The first-order valence-corrected chi connectivity index (χ1v) is 15.3. The third-order valence-corrected chi connectivity index (χ3v) is 7.84. The summed E-state index contributed by atoms with van der Waals surface area (Å²) >= 11 is 6.15. The standard InChI is InChI=1S/C30H36ClN3O5S/c1-5-22(2)32-30(36)23(3)33(19-25-12-9-13-26(31)18-25)29(35)20-34(40(4,37)38)27-14-16-28(17-15-27)39-21-24-10-7-6-8-11-24/h6-18,22-23H,5,19-21H2,1-4H3,(H,32,36)/t22-,23-/m1/s1. The number of anilines is 1. The summed E-state index contributed by atoms with van der Waals surface area (Å²) < 4.78 is 32.4. The van der Waals surface area contributed by atoms with Crippen molar-refractivity contribution < 1.29 is 22.7 Å². The summed E-state index contributed by atoms with van der Waals surface area (Å²) in [6.45, 7) is 5.43. The van der Waals surface area contributed by atoms with Gasteiger partial charge in [-0.25, -0.2) is 8.42 Å². The molecule has 0 aromatic heterocycles. The van der Waals surface area contributed by atoms with Gasteiger partial charge in [0.05, 0.1) is 11.9 Å². The van der Waals surface area contributed by atoms with Crippen LogP contribution < -0.4 is 14.4 Å². The van der Waals surface area contributed by atoms with Gasteiger partial charge >= 0.3 is 0 Å². The summed E-state index contributed by atoms with van der Waals surface area (Å²) in [6, 6.07) is 22.2. The summed E-state index contributed by atoms with van der Waals surface area (Å²) in [6.07, 6.45) is 1.77. The monoisotopic (exact) mass is 585 g/mol. The Labute approximate surface area is 241 Å². The first-order chi connectivity index (χ1) is 19.0. The number of amides is 2. The summed E-state index contributed by atoms with van der Waals surface area (Å²) in [5.41, 5.74) is 2.03. The first-order valence-electron chi connectivity index (χ1n) is 13.1. The van der Waals surface area contributed by atoms with E-state index >= 15 is 0 Å². The van der Waals surface area contributed by atoms with Crippen LogP contribution in [0, 0.1) is 0 Å². The Hall–Kier alpha value is -3.56. The summed E-state index contributed by atoms with van der Waals surface area (Å²) in [5.74, 6) is -0.289. The Balaban J connectivity index is 1.82. The molecule has 3 aromatic rings. The van der Waals surface area contributed by atoms with Crippen LogP contribution in [0.5, 0.6) is 5.75 Å². The van der Waals surface area contributed by atoms with Crippen LogP contribution in [0.2, 0.25) is 5.02 Å². The zero-order valence-corrected chi connectivity index (χ0v) is 24.8. The predicted molar refractivity (Wildman–Crippen MR) is 159 cm³/mol. The first kappa shape index (κ1) is 31.0. The molecular formula is C30H36ClN3O5S. The average molecular weight is 586 g/mol. The molecule has 214 valence electrons. The molecular weight excluding hydrogens is 550 g/mol. The second-order valence-corrected chi connectivity index (χ2v) is 12.0. The smallest absolute Gasteiger partial charge is 0.244 e. The Bertz CT molecular complexity index is 1380. The molecule has 1 N–H and O–H groups in total. The van der Waals surface area contributed by atoms with Crippen LogP contribution in [-0.2, 0) is 32.8 Å². The quantitative estimate of drug-likeness (QED) is 0.304. The highest BCUT2D eigenvalue weighted by molar-refractivity contribution is 7.92. The van der Waals surface area contributed by atoms with Crippen molar-refractivity contribution in [3.05, 3.63) is 95.0 Å². The minimum Gasteiger partial charge on any atom is -0.489 e. The molecule has 0 saturated heterocycles. The number of sulfonamides is 1. The zero-order chi connectivity index (χ0) is 29.3. The molecule has 40 heavy (non-hydrogen) atoms. The lowest BCUT2D eigenvalue weighted by Crippen LogP contribution is -2.52. The van der Waals surface area contributed by atoms with Crippen LogP contribution in [0.3, 0.4) is 0 Å². The number of carbonyl (C=O) groups is 2. The van der Waals surface area contributed by atoms with Gasteiger partial charge in [0.2, 0.25) is 21.8 Å². The van der Waals surface area contributed by atoms with E-state index in [2.05, 4.69) is 5.32 Å².